The van der Waals surface area contributed by atoms with Gasteiger partial charge in [-0.25, -0.2) is 15.2 Å². The largest absolute Gasteiger partial charge is 0.421 e. The number of anilines is 2. The molecule has 0 bridgehead atoms. The summed E-state index contributed by atoms with van der Waals surface area (Å²) in [4.78, 5) is 19.2. The zero-order valence-corrected chi connectivity index (χ0v) is 19.4. The van der Waals surface area contributed by atoms with Gasteiger partial charge in [0.15, 0.2) is 5.76 Å². The molecular formula is C23H28FN9O. The molecule has 3 aromatic rings. The Balaban J connectivity index is 1.63. The van der Waals surface area contributed by atoms with E-state index in [0.717, 1.165) is 42.4 Å². The van der Waals surface area contributed by atoms with Crippen molar-refractivity contribution in [3.63, 3.8) is 0 Å². The van der Waals surface area contributed by atoms with Crippen molar-refractivity contribution in [2.24, 2.45) is 16.6 Å². The monoisotopic (exact) mass is 465 g/mol. The van der Waals surface area contributed by atoms with Crippen molar-refractivity contribution in [3.05, 3.63) is 41.3 Å². The highest BCUT2D eigenvalue weighted by Crippen LogP contribution is 2.37. The summed E-state index contributed by atoms with van der Waals surface area (Å²) >= 11 is 0. The van der Waals surface area contributed by atoms with Crippen LogP contribution in [0, 0.1) is 5.82 Å². The Morgan fingerprint density at radius 2 is 2.00 bits per heavy atom. The average molecular weight is 466 g/mol. The topological polar surface area (TPSA) is 134 Å². The number of ether oxygens (including phenoxy) is 1. The number of H-pyrrole nitrogens is 1. The number of piperidine rings is 1. The van der Waals surface area contributed by atoms with E-state index in [-0.39, 0.29) is 17.9 Å². The van der Waals surface area contributed by atoms with Gasteiger partial charge in [0.2, 0.25) is 0 Å². The van der Waals surface area contributed by atoms with Gasteiger partial charge in [0, 0.05) is 31.6 Å². The highest BCUT2D eigenvalue weighted by molar-refractivity contribution is 6.14. The minimum absolute atomic E-state index is 0.141. The molecule has 4 heterocycles. The lowest BCUT2D eigenvalue weighted by Crippen LogP contribution is -2.40. The van der Waals surface area contributed by atoms with E-state index in [2.05, 4.69) is 25.2 Å². The predicted molar refractivity (Wildman–Crippen MR) is 132 cm³/mol. The molecule has 2 aliphatic heterocycles. The van der Waals surface area contributed by atoms with Crippen molar-refractivity contribution in [2.75, 3.05) is 30.4 Å². The van der Waals surface area contributed by atoms with E-state index in [0.29, 0.717) is 34.1 Å². The van der Waals surface area contributed by atoms with Crippen molar-refractivity contribution < 1.29 is 9.13 Å². The smallest absolute Gasteiger partial charge is 0.326 e. The van der Waals surface area contributed by atoms with Crippen LogP contribution in [0.3, 0.4) is 0 Å². The molecule has 0 unspecified atom stereocenters. The van der Waals surface area contributed by atoms with Crippen molar-refractivity contribution in [1.82, 2.24) is 20.0 Å². The first-order chi connectivity index (χ1) is 16.3. The van der Waals surface area contributed by atoms with E-state index in [9.17, 15) is 4.39 Å². The maximum absolute atomic E-state index is 14.4. The fourth-order valence-corrected chi connectivity index (χ4v) is 4.38. The fraction of sp³-hybridized carbons (Fsp3) is 0.348. The predicted octanol–water partition coefficient (Wildman–Crippen LogP) is 2.95. The molecule has 1 aromatic carbocycles. The number of aromatic nitrogens is 3. The summed E-state index contributed by atoms with van der Waals surface area (Å²) in [6.45, 7) is 5.33. The molecule has 0 saturated carbocycles. The Morgan fingerprint density at radius 1 is 1.24 bits per heavy atom. The number of fused-ring (bicyclic) bond motifs is 3. The van der Waals surface area contributed by atoms with Gasteiger partial charge >= 0.3 is 6.01 Å². The van der Waals surface area contributed by atoms with Gasteiger partial charge in [-0.3, -0.25) is 5.01 Å². The van der Waals surface area contributed by atoms with Gasteiger partial charge in [0.05, 0.1) is 29.0 Å². The molecule has 0 radical (unpaired) electrons. The number of rotatable bonds is 4. The molecule has 5 rings (SSSR count). The summed E-state index contributed by atoms with van der Waals surface area (Å²) in [6.07, 6.45) is 4.89. The summed E-state index contributed by atoms with van der Waals surface area (Å²) < 4.78 is 20.4. The quantitative estimate of drug-likeness (QED) is 0.432. The molecule has 11 heteroatoms. The van der Waals surface area contributed by atoms with Crippen LogP contribution in [0.15, 0.2) is 40.5 Å². The second kappa shape index (κ2) is 8.58. The van der Waals surface area contributed by atoms with Gasteiger partial charge in [0.1, 0.15) is 23.1 Å². The van der Waals surface area contributed by atoms with E-state index < -0.39 is 0 Å². The summed E-state index contributed by atoms with van der Waals surface area (Å²) in [5.41, 5.74) is 9.04. The van der Waals surface area contributed by atoms with Gasteiger partial charge in [0.25, 0.3) is 0 Å². The van der Waals surface area contributed by atoms with Crippen molar-refractivity contribution in [3.8, 4) is 6.01 Å². The first kappa shape index (κ1) is 22.1. The van der Waals surface area contributed by atoms with Crippen LogP contribution in [0.4, 0.5) is 15.9 Å². The van der Waals surface area contributed by atoms with E-state index in [1.165, 1.54) is 17.1 Å². The SMILES string of the molecule is CNc1cc(F)cc2c1[nH]c1nc(OC3=CN(N)C(=C(C)C)N=C3)nc(N3CCC(N)CC3)c12. The van der Waals surface area contributed by atoms with E-state index in [4.69, 9.17) is 21.3 Å². The van der Waals surface area contributed by atoms with Crippen LogP contribution in [0.2, 0.25) is 0 Å². The third-order valence-electron chi connectivity index (χ3n) is 6.08. The molecule has 0 aliphatic carbocycles. The number of hydrogen-bond donors (Lipinski definition) is 4. The number of nitrogens with one attached hydrogen (secondary N) is 2. The zero-order valence-electron chi connectivity index (χ0n) is 19.4. The molecular weight excluding hydrogens is 437 g/mol. The summed E-state index contributed by atoms with van der Waals surface area (Å²) in [6, 6.07) is 3.25. The number of hydrazine groups is 1. The number of aromatic amines is 1. The van der Waals surface area contributed by atoms with Crippen LogP contribution in [0.1, 0.15) is 26.7 Å². The van der Waals surface area contributed by atoms with Gasteiger partial charge in [-0.1, -0.05) is 0 Å². The number of benzene rings is 1. The first-order valence-electron chi connectivity index (χ1n) is 11.2. The number of nitrogens with two attached hydrogens (primary N) is 2. The van der Waals surface area contributed by atoms with E-state index >= 15 is 0 Å². The van der Waals surface area contributed by atoms with E-state index in [1.54, 1.807) is 19.5 Å². The van der Waals surface area contributed by atoms with Crippen molar-refractivity contribution in [1.29, 1.82) is 0 Å². The molecule has 10 nitrogen and oxygen atoms in total. The first-order valence-corrected chi connectivity index (χ1v) is 11.2. The lowest BCUT2D eigenvalue weighted by atomic mass is 10.1. The van der Waals surface area contributed by atoms with Crippen molar-refractivity contribution in [2.45, 2.75) is 32.7 Å². The van der Waals surface area contributed by atoms with Crippen LogP contribution >= 0.6 is 0 Å². The summed E-state index contributed by atoms with van der Waals surface area (Å²) in [5.74, 6) is 7.44. The van der Waals surface area contributed by atoms with Crippen LogP contribution in [0.5, 0.6) is 6.01 Å². The second-order valence-electron chi connectivity index (χ2n) is 8.75. The molecule has 2 aliphatic rings. The Bertz CT molecular complexity index is 1350. The zero-order chi connectivity index (χ0) is 24.0. The highest BCUT2D eigenvalue weighted by atomic mass is 19.1. The minimum atomic E-state index is -0.341. The maximum Gasteiger partial charge on any atom is 0.326 e. The van der Waals surface area contributed by atoms with Crippen LogP contribution in [-0.4, -0.2) is 52.4 Å². The molecule has 178 valence electrons. The molecule has 1 saturated heterocycles. The van der Waals surface area contributed by atoms with Crippen LogP contribution in [-0.2, 0) is 0 Å². The molecule has 0 spiro atoms. The second-order valence-corrected chi connectivity index (χ2v) is 8.75. The lowest BCUT2D eigenvalue weighted by molar-refractivity contribution is 0.382. The molecule has 2 aromatic heterocycles. The van der Waals surface area contributed by atoms with Gasteiger partial charge in [-0.15, -0.1) is 0 Å². The fourth-order valence-electron chi connectivity index (χ4n) is 4.38. The Kier molecular flexibility index (Phi) is 5.58. The van der Waals surface area contributed by atoms with Gasteiger partial charge in [-0.2, -0.15) is 9.97 Å². The third kappa shape index (κ3) is 3.93. The molecule has 34 heavy (non-hydrogen) atoms. The van der Waals surface area contributed by atoms with Crippen LogP contribution in [0.25, 0.3) is 21.9 Å². The van der Waals surface area contributed by atoms with Gasteiger partial charge < -0.3 is 25.7 Å². The normalized spacial score (nSPS) is 17.0. The maximum atomic E-state index is 14.4. The molecule has 6 N–H and O–H groups in total. The number of aliphatic imine (C=N–C) groups is 1. The third-order valence-corrected chi connectivity index (χ3v) is 6.08. The summed E-state index contributed by atoms with van der Waals surface area (Å²) in [5, 5.41) is 5.89. The molecule has 0 atom stereocenters. The molecule has 0 amide bonds. The Labute approximate surface area is 196 Å². The number of allylic oxidation sites excluding steroid dienone is 2. The van der Waals surface area contributed by atoms with Crippen LogP contribution < -0.4 is 26.5 Å². The van der Waals surface area contributed by atoms with E-state index in [1.807, 2.05) is 13.8 Å². The minimum Gasteiger partial charge on any atom is -0.421 e. The number of hydrogen-bond acceptors (Lipinski definition) is 9. The van der Waals surface area contributed by atoms with Gasteiger partial charge in [-0.05, 0) is 44.4 Å². The number of nitrogens with zero attached hydrogens (tertiary/aromatic N) is 5. The standard InChI is InChI=1S/C23H28FN9O/c1-12(2)21-28-10-15(11-33(21)26)34-23-30-20-18(22(31-23)32-6-4-14(25)5-7-32)16-8-13(24)9-17(27-3)19(16)29-20/h8-11,14,27H,4-7,25-26H2,1-3H3,(H,29,30,31). The summed E-state index contributed by atoms with van der Waals surface area (Å²) in [7, 11) is 1.75. The Hall–Kier alpha value is -3.70. The van der Waals surface area contributed by atoms with Crippen molar-refractivity contribution >= 4 is 39.7 Å². The molecule has 1 fully saturated rings. The lowest BCUT2D eigenvalue weighted by Gasteiger charge is -2.31. The average Bonchev–Trinajstić information content (AvgIpc) is 3.16. The Morgan fingerprint density at radius 3 is 2.68 bits per heavy atom. The number of halogens is 1. The highest BCUT2D eigenvalue weighted by Gasteiger charge is 2.25.